The van der Waals surface area contributed by atoms with E-state index in [1.54, 1.807) is 0 Å². The number of rotatable bonds is 34. The Bertz CT molecular complexity index is 1220. The van der Waals surface area contributed by atoms with E-state index in [4.69, 9.17) is 24.8 Å². The first kappa shape index (κ1) is 49.7. The molecular formula is C41H66NO10P. The van der Waals surface area contributed by atoms with Crippen LogP contribution in [0.5, 0.6) is 0 Å². The summed E-state index contributed by atoms with van der Waals surface area (Å²) in [6.07, 6.45) is 42.3. The molecule has 0 aliphatic rings. The van der Waals surface area contributed by atoms with Crippen LogP contribution in [0.25, 0.3) is 0 Å². The quantitative estimate of drug-likeness (QED) is 0.0187. The van der Waals surface area contributed by atoms with Crippen molar-refractivity contribution in [2.75, 3.05) is 19.8 Å². The lowest BCUT2D eigenvalue weighted by molar-refractivity contribution is -0.161. The summed E-state index contributed by atoms with van der Waals surface area (Å²) in [6, 6.07) is -1.53. The normalized spacial score (nSPS) is 14.8. The smallest absolute Gasteiger partial charge is 0.472 e. The van der Waals surface area contributed by atoms with Crippen LogP contribution < -0.4 is 5.73 Å². The van der Waals surface area contributed by atoms with Gasteiger partial charge in [-0.2, -0.15) is 0 Å². The van der Waals surface area contributed by atoms with Crippen LogP contribution in [0.4, 0.5) is 0 Å². The Morgan fingerprint density at radius 3 is 1.72 bits per heavy atom. The molecule has 53 heavy (non-hydrogen) atoms. The van der Waals surface area contributed by atoms with Crippen LogP contribution in [0.15, 0.2) is 85.1 Å². The summed E-state index contributed by atoms with van der Waals surface area (Å²) in [5, 5.41) is 8.86. The van der Waals surface area contributed by atoms with Gasteiger partial charge >= 0.3 is 25.7 Å². The predicted molar refractivity (Wildman–Crippen MR) is 212 cm³/mol. The SMILES string of the molecule is CC/C=C/C=C/C=C/CCCCCCCC(=O)OC(COC(=O)CCCCC/C=C/C/C=C/C/C=C/C/C=C/CC)COP(=O)(O)OC[C@H](N)C(=O)O. The van der Waals surface area contributed by atoms with E-state index in [2.05, 4.69) is 79.1 Å². The topological polar surface area (TPSA) is 172 Å². The number of carbonyl (C=O) groups excluding carboxylic acids is 2. The lowest BCUT2D eigenvalue weighted by Gasteiger charge is -2.20. The first-order valence-electron chi connectivity index (χ1n) is 19.1. The molecule has 0 aliphatic heterocycles. The fraction of sp³-hybridized carbons (Fsp3) is 0.585. The standard InChI is InChI=1S/C41H66NO10P/c1-3-5-7-9-11-13-15-17-18-19-21-22-24-26-28-30-32-39(43)49-34-37(35-50-53(47,48)51-36-38(42)41(45)46)52-40(44)33-31-29-27-25-23-20-16-14-12-10-8-6-4-2/h5-8,10-14,16-18,21-22,37-38H,3-4,9,15,19-20,23-36,42H2,1-2H3,(H,45,46)(H,47,48)/b7-5+,8-6+,12-10+,13-11+,16-14+,18-17+,22-21+/t37?,38-/m0/s1. The average molecular weight is 764 g/mol. The molecule has 300 valence electrons. The number of esters is 2. The van der Waals surface area contributed by atoms with E-state index in [-0.39, 0.29) is 19.4 Å². The van der Waals surface area contributed by atoms with Gasteiger partial charge in [0, 0.05) is 12.8 Å². The van der Waals surface area contributed by atoms with Crippen molar-refractivity contribution in [2.45, 2.75) is 135 Å². The monoisotopic (exact) mass is 763 g/mol. The molecule has 0 aromatic rings. The number of carbonyl (C=O) groups is 3. The maximum Gasteiger partial charge on any atom is 0.472 e. The molecule has 0 aromatic heterocycles. The van der Waals surface area contributed by atoms with Crippen molar-refractivity contribution in [1.82, 2.24) is 0 Å². The number of hydrogen-bond donors (Lipinski definition) is 3. The fourth-order valence-electron chi connectivity index (χ4n) is 4.46. The lowest BCUT2D eigenvalue weighted by Crippen LogP contribution is -2.34. The highest BCUT2D eigenvalue weighted by molar-refractivity contribution is 7.47. The van der Waals surface area contributed by atoms with Crippen molar-refractivity contribution >= 4 is 25.7 Å². The second-order valence-electron chi connectivity index (χ2n) is 12.4. The molecule has 0 aromatic carbocycles. The molecule has 0 fully saturated rings. The van der Waals surface area contributed by atoms with Crippen LogP contribution in [0.2, 0.25) is 0 Å². The van der Waals surface area contributed by atoms with Crippen LogP contribution in [0.3, 0.4) is 0 Å². The molecule has 0 radical (unpaired) electrons. The molecule has 0 spiro atoms. The van der Waals surface area contributed by atoms with Gasteiger partial charge in [-0.25, -0.2) is 4.57 Å². The van der Waals surface area contributed by atoms with Crippen molar-refractivity contribution in [2.24, 2.45) is 5.73 Å². The van der Waals surface area contributed by atoms with Crippen molar-refractivity contribution in [3.63, 3.8) is 0 Å². The third kappa shape index (κ3) is 35.5. The fourth-order valence-corrected chi connectivity index (χ4v) is 5.24. The summed E-state index contributed by atoms with van der Waals surface area (Å²) in [5.41, 5.74) is 5.31. The van der Waals surface area contributed by atoms with Crippen molar-refractivity contribution < 1.29 is 47.5 Å². The maximum atomic E-state index is 12.6. The van der Waals surface area contributed by atoms with Gasteiger partial charge in [-0.15, -0.1) is 0 Å². The predicted octanol–water partition coefficient (Wildman–Crippen LogP) is 9.55. The van der Waals surface area contributed by atoms with Crippen molar-refractivity contribution in [1.29, 1.82) is 0 Å². The molecular weight excluding hydrogens is 697 g/mol. The third-order valence-electron chi connectivity index (χ3n) is 7.45. The number of phosphoric ester groups is 1. The maximum absolute atomic E-state index is 12.6. The first-order chi connectivity index (χ1) is 25.6. The molecule has 0 saturated heterocycles. The average Bonchev–Trinajstić information content (AvgIpc) is 3.13. The molecule has 0 rings (SSSR count). The number of carboxylic acid groups (broad SMARTS) is 1. The molecule has 0 heterocycles. The summed E-state index contributed by atoms with van der Waals surface area (Å²) >= 11 is 0. The van der Waals surface area contributed by atoms with Gasteiger partial charge in [0.2, 0.25) is 0 Å². The Morgan fingerprint density at radius 1 is 0.604 bits per heavy atom. The summed E-state index contributed by atoms with van der Waals surface area (Å²) < 4.78 is 32.5. The molecule has 0 aliphatic carbocycles. The minimum atomic E-state index is -4.73. The summed E-state index contributed by atoms with van der Waals surface area (Å²) in [5.74, 6) is -2.46. The highest BCUT2D eigenvalue weighted by Gasteiger charge is 2.28. The Hall–Kier alpha value is -3.34. The third-order valence-corrected chi connectivity index (χ3v) is 8.40. The van der Waals surface area contributed by atoms with E-state index in [1.165, 1.54) is 0 Å². The van der Waals surface area contributed by atoms with Gasteiger partial charge in [-0.1, -0.05) is 125 Å². The van der Waals surface area contributed by atoms with Crippen molar-refractivity contribution in [3.8, 4) is 0 Å². The van der Waals surface area contributed by atoms with Gasteiger partial charge < -0.3 is 25.2 Å². The zero-order chi connectivity index (χ0) is 39.3. The molecule has 2 unspecified atom stereocenters. The van der Waals surface area contributed by atoms with E-state index in [0.29, 0.717) is 12.8 Å². The van der Waals surface area contributed by atoms with E-state index in [9.17, 15) is 23.8 Å². The Balaban J connectivity index is 4.54. The number of carboxylic acids is 1. The van der Waals surface area contributed by atoms with E-state index >= 15 is 0 Å². The minimum absolute atomic E-state index is 0.125. The molecule has 0 saturated carbocycles. The zero-order valence-corrected chi connectivity index (χ0v) is 33.0. The van der Waals surface area contributed by atoms with E-state index in [1.807, 2.05) is 24.3 Å². The lowest BCUT2D eigenvalue weighted by atomic mass is 10.1. The molecule has 12 heteroatoms. The van der Waals surface area contributed by atoms with Crippen LogP contribution in [0.1, 0.15) is 123 Å². The van der Waals surface area contributed by atoms with Gasteiger partial charge in [0.05, 0.1) is 13.2 Å². The van der Waals surface area contributed by atoms with Crippen LogP contribution in [-0.2, 0) is 37.5 Å². The van der Waals surface area contributed by atoms with Gasteiger partial charge in [-0.05, 0) is 70.6 Å². The number of allylic oxidation sites excluding steroid dienone is 14. The minimum Gasteiger partial charge on any atom is -0.480 e. The number of phosphoric acid groups is 1. The number of aliphatic carboxylic acids is 1. The number of unbranched alkanes of at least 4 members (excludes halogenated alkanes) is 8. The summed E-state index contributed by atoms with van der Waals surface area (Å²) in [7, 11) is -4.73. The summed E-state index contributed by atoms with van der Waals surface area (Å²) in [4.78, 5) is 45.8. The second kappa shape index (κ2) is 35.7. The Labute approximate surface area is 318 Å². The van der Waals surface area contributed by atoms with Gasteiger partial charge in [0.25, 0.3) is 0 Å². The highest BCUT2D eigenvalue weighted by Crippen LogP contribution is 2.43. The molecule has 0 bridgehead atoms. The van der Waals surface area contributed by atoms with E-state index < -0.39 is 51.1 Å². The van der Waals surface area contributed by atoms with Crippen LogP contribution in [-0.4, -0.2) is 59.9 Å². The largest absolute Gasteiger partial charge is 0.480 e. The van der Waals surface area contributed by atoms with Gasteiger partial charge in [0.15, 0.2) is 6.10 Å². The number of nitrogens with two attached hydrogens (primary N) is 1. The number of hydrogen-bond acceptors (Lipinski definition) is 9. The summed E-state index contributed by atoms with van der Waals surface area (Å²) in [6.45, 7) is 2.46. The van der Waals surface area contributed by atoms with Crippen LogP contribution in [0, 0.1) is 0 Å². The van der Waals surface area contributed by atoms with Crippen LogP contribution >= 0.6 is 7.82 Å². The zero-order valence-electron chi connectivity index (χ0n) is 32.1. The van der Waals surface area contributed by atoms with Crippen molar-refractivity contribution in [3.05, 3.63) is 85.1 Å². The van der Waals surface area contributed by atoms with E-state index in [0.717, 1.165) is 83.5 Å². The molecule has 11 nitrogen and oxygen atoms in total. The highest BCUT2D eigenvalue weighted by atomic mass is 31.2. The first-order valence-corrected chi connectivity index (χ1v) is 20.6. The number of ether oxygens (including phenoxy) is 2. The van der Waals surface area contributed by atoms with Gasteiger partial charge in [0.1, 0.15) is 12.6 Å². The van der Waals surface area contributed by atoms with Gasteiger partial charge in [-0.3, -0.25) is 23.4 Å². The molecule has 4 N–H and O–H groups in total. The molecule has 0 amide bonds. The Morgan fingerprint density at radius 2 is 1.09 bits per heavy atom. The molecule has 3 atom stereocenters. The second-order valence-corrected chi connectivity index (χ2v) is 13.8. The Kier molecular flexibility index (Phi) is 33.4.